The molecule has 7 rings (SSSR count). The zero-order chi connectivity index (χ0) is 49.0. The Hall–Kier alpha value is -7.87. The average Bonchev–Trinajstić information content (AvgIpc) is 3.29. The van der Waals surface area contributed by atoms with E-state index in [0.29, 0.717) is 51.0 Å². The predicted octanol–water partition coefficient (Wildman–Crippen LogP) is 12.3. The molecule has 7 aromatic carbocycles. The van der Waals surface area contributed by atoms with Crippen LogP contribution in [-0.4, -0.2) is 58.2 Å². The van der Waals surface area contributed by atoms with Gasteiger partial charge in [0.25, 0.3) is 30.4 Å². The minimum Gasteiger partial charge on any atom is -0.505 e. The second kappa shape index (κ2) is 19.5. The first-order chi connectivity index (χ1) is 32.2. The van der Waals surface area contributed by atoms with Crippen LogP contribution < -0.4 is 14.8 Å². The summed E-state index contributed by atoms with van der Waals surface area (Å²) in [6, 6.07) is 30.4. The van der Waals surface area contributed by atoms with Crippen LogP contribution in [0.15, 0.2) is 177 Å². The highest BCUT2D eigenvalue weighted by atomic mass is 32.2. The van der Waals surface area contributed by atoms with E-state index >= 15 is 0 Å². The number of hydrogen-bond acceptors (Lipinski definition) is 18. The summed E-state index contributed by atoms with van der Waals surface area (Å²) < 4.78 is 112. The average molecular weight is 980 g/mol. The van der Waals surface area contributed by atoms with E-state index in [0.717, 1.165) is 17.8 Å². The molecule has 0 bridgehead atoms. The van der Waals surface area contributed by atoms with Crippen molar-refractivity contribution in [3.63, 3.8) is 0 Å². The molecule has 0 spiro atoms. The Labute approximate surface area is 388 Å². The molecule has 68 heavy (non-hydrogen) atoms. The van der Waals surface area contributed by atoms with Crippen molar-refractivity contribution < 1.29 is 53.5 Å². The molecule has 0 aliphatic heterocycles. The van der Waals surface area contributed by atoms with Crippen molar-refractivity contribution in [1.82, 2.24) is 0 Å². The molecule has 348 valence electrons. The standard InChI is InChI=1S/C44H37N9O12S3/c1-25-18-31(11-15-34(25)48-46-30-12-16-35(26(2)19-30)49-50-36-17-13-32(66(55,56)57)22-41(36)67(58,59)60)47-51-37-23-40(65-4)38(24-39(37)64-3)52-53-43-42(68(61,62)63)21-27-20-29(10-14-33(27)44(43)54)45-28-8-6-5-7-9-28/h5-24,45,54H,1-4H3,(H,55,56,57)(H,58,59,60)(H,61,62,63). The third-order valence-corrected chi connectivity index (χ3v) is 12.4. The summed E-state index contributed by atoms with van der Waals surface area (Å²) in [6.45, 7) is 3.47. The molecule has 7 aromatic rings. The molecule has 0 saturated heterocycles. The fraction of sp³-hybridized carbons (Fsp3) is 0.0909. The molecule has 24 heteroatoms. The third kappa shape index (κ3) is 11.2. The SMILES string of the molecule is COc1cc(N=Nc2c(S(=O)(=O)O)cc3cc(Nc4ccccc4)ccc3c2O)c(OC)cc1N=Nc1ccc(N=Nc2ccc(N=Nc3ccc(S(=O)(=O)O)cc3S(=O)(=O)O)c(C)c2)c(C)c1. The lowest BCUT2D eigenvalue weighted by Crippen LogP contribution is -2.03. The minimum atomic E-state index is -4.94. The number of aryl methyl sites for hydroxylation is 2. The first kappa shape index (κ1) is 48.1. The first-order valence-electron chi connectivity index (χ1n) is 19.5. The minimum absolute atomic E-state index is 0.0619. The second-order valence-electron chi connectivity index (χ2n) is 14.5. The number of azo groups is 4. The lowest BCUT2D eigenvalue weighted by atomic mass is 10.1. The van der Waals surface area contributed by atoms with Gasteiger partial charge >= 0.3 is 0 Å². The summed E-state index contributed by atoms with van der Waals surface area (Å²) in [7, 11) is -11.9. The maximum absolute atomic E-state index is 12.6. The molecular formula is C44H37N9O12S3. The van der Waals surface area contributed by atoms with Crippen LogP contribution in [0.2, 0.25) is 0 Å². The first-order valence-corrected chi connectivity index (χ1v) is 23.9. The number of aromatic hydroxyl groups is 1. The van der Waals surface area contributed by atoms with Gasteiger partial charge < -0.3 is 19.9 Å². The van der Waals surface area contributed by atoms with Crippen molar-refractivity contribution in [2.24, 2.45) is 40.9 Å². The molecule has 0 fully saturated rings. The molecule has 0 radical (unpaired) electrons. The zero-order valence-electron chi connectivity index (χ0n) is 35.9. The highest BCUT2D eigenvalue weighted by molar-refractivity contribution is 7.87. The van der Waals surface area contributed by atoms with E-state index in [1.807, 2.05) is 30.3 Å². The molecular weight excluding hydrogens is 943 g/mol. The zero-order valence-corrected chi connectivity index (χ0v) is 38.4. The number of para-hydroxylation sites is 1. The Morgan fingerprint density at radius 2 is 0.985 bits per heavy atom. The van der Waals surface area contributed by atoms with Crippen molar-refractivity contribution in [3.05, 3.63) is 132 Å². The molecule has 0 saturated carbocycles. The summed E-state index contributed by atoms with van der Waals surface area (Å²) in [6.07, 6.45) is 0. The molecule has 0 aliphatic rings. The van der Waals surface area contributed by atoms with Crippen molar-refractivity contribution in [2.45, 2.75) is 28.5 Å². The van der Waals surface area contributed by atoms with E-state index in [4.69, 9.17) is 9.47 Å². The number of benzene rings is 7. The van der Waals surface area contributed by atoms with Gasteiger partial charge in [0.15, 0.2) is 5.75 Å². The van der Waals surface area contributed by atoms with Crippen molar-refractivity contribution in [2.75, 3.05) is 19.5 Å². The number of phenols is 1. The largest absolute Gasteiger partial charge is 0.505 e. The van der Waals surface area contributed by atoms with Crippen LogP contribution in [0.3, 0.4) is 0 Å². The number of ether oxygens (including phenoxy) is 2. The van der Waals surface area contributed by atoms with Crippen LogP contribution in [0.25, 0.3) is 10.8 Å². The monoisotopic (exact) mass is 979 g/mol. The topological polar surface area (TPSA) is 313 Å². The number of rotatable bonds is 15. The number of nitrogens with one attached hydrogen (secondary N) is 1. The Kier molecular flexibility index (Phi) is 13.8. The highest BCUT2D eigenvalue weighted by Gasteiger charge is 2.24. The molecule has 0 aromatic heterocycles. The Bertz CT molecular complexity index is 3590. The molecule has 0 amide bonds. The maximum Gasteiger partial charge on any atom is 0.296 e. The number of methoxy groups -OCH3 is 2. The summed E-state index contributed by atoms with van der Waals surface area (Å²) in [4.78, 5) is -2.30. The van der Waals surface area contributed by atoms with E-state index in [9.17, 15) is 44.0 Å². The predicted molar refractivity (Wildman–Crippen MR) is 250 cm³/mol. The van der Waals surface area contributed by atoms with Gasteiger partial charge in [-0.2, -0.15) is 45.7 Å². The normalized spacial score (nSPS) is 12.5. The van der Waals surface area contributed by atoms with Crippen LogP contribution in [0.1, 0.15) is 11.1 Å². The van der Waals surface area contributed by atoms with Gasteiger partial charge in [-0.25, -0.2) is 0 Å². The number of anilines is 2. The second-order valence-corrected chi connectivity index (χ2v) is 18.7. The highest BCUT2D eigenvalue weighted by Crippen LogP contribution is 2.45. The Morgan fingerprint density at radius 1 is 0.471 bits per heavy atom. The summed E-state index contributed by atoms with van der Waals surface area (Å²) >= 11 is 0. The fourth-order valence-corrected chi connectivity index (χ4v) is 8.33. The molecule has 0 heterocycles. The van der Waals surface area contributed by atoms with Gasteiger partial charge in [-0.1, -0.05) is 18.2 Å². The van der Waals surface area contributed by atoms with Crippen LogP contribution >= 0.6 is 0 Å². The smallest absolute Gasteiger partial charge is 0.296 e. The number of hydrogen-bond donors (Lipinski definition) is 5. The van der Waals surface area contributed by atoms with E-state index in [2.05, 4.69) is 46.2 Å². The number of fused-ring (bicyclic) bond motifs is 1. The van der Waals surface area contributed by atoms with Gasteiger partial charge in [-0.15, -0.1) is 20.5 Å². The van der Waals surface area contributed by atoms with Crippen molar-refractivity contribution in [1.29, 1.82) is 0 Å². The lowest BCUT2D eigenvalue weighted by Gasteiger charge is -2.12. The Balaban J connectivity index is 1.08. The van der Waals surface area contributed by atoms with Gasteiger partial charge in [-0.3, -0.25) is 13.7 Å². The van der Waals surface area contributed by atoms with Crippen LogP contribution in [0.5, 0.6) is 17.2 Å². The quantitative estimate of drug-likeness (QED) is 0.0472. The van der Waals surface area contributed by atoms with Crippen molar-refractivity contribution >= 4 is 98.0 Å². The van der Waals surface area contributed by atoms with E-state index < -0.39 is 56.5 Å². The van der Waals surface area contributed by atoms with Crippen LogP contribution in [-0.2, 0) is 30.4 Å². The molecule has 0 aliphatic carbocycles. The van der Waals surface area contributed by atoms with Crippen LogP contribution in [0, 0.1) is 13.8 Å². The maximum atomic E-state index is 12.6. The molecule has 0 unspecified atom stereocenters. The third-order valence-electron chi connectivity index (χ3n) is 9.81. The van der Waals surface area contributed by atoms with E-state index in [1.54, 1.807) is 62.4 Å². The number of phenolic OH excluding ortho intramolecular Hbond substituents is 1. The van der Waals surface area contributed by atoms with Gasteiger partial charge in [0.1, 0.15) is 44.0 Å². The molecule has 21 nitrogen and oxygen atoms in total. The summed E-state index contributed by atoms with van der Waals surface area (Å²) in [5.41, 5.74) is 3.71. The molecule has 0 atom stereocenters. The fourth-order valence-electron chi connectivity index (χ4n) is 6.44. The van der Waals surface area contributed by atoms with Gasteiger partial charge in [0.05, 0.1) is 41.9 Å². The van der Waals surface area contributed by atoms with Gasteiger partial charge in [0, 0.05) is 28.9 Å². The summed E-state index contributed by atoms with van der Waals surface area (Å²) in [5, 5.41) is 48.4. The van der Waals surface area contributed by atoms with Gasteiger partial charge in [-0.05, 0) is 121 Å². The molecule has 5 N–H and O–H groups in total. The van der Waals surface area contributed by atoms with Crippen molar-refractivity contribution in [3.8, 4) is 17.2 Å². The lowest BCUT2D eigenvalue weighted by molar-refractivity contribution is 0.405. The van der Waals surface area contributed by atoms with E-state index in [-0.39, 0.29) is 33.9 Å². The Morgan fingerprint density at radius 3 is 1.51 bits per heavy atom. The van der Waals surface area contributed by atoms with Crippen LogP contribution in [0.4, 0.5) is 56.9 Å². The number of nitrogens with zero attached hydrogens (tertiary/aromatic N) is 8. The van der Waals surface area contributed by atoms with Gasteiger partial charge in [0.2, 0.25) is 0 Å². The summed E-state index contributed by atoms with van der Waals surface area (Å²) in [5.74, 6) is -0.224. The van der Waals surface area contributed by atoms with E-state index in [1.165, 1.54) is 38.5 Å².